The van der Waals surface area contributed by atoms with Crippen LogP contribution in [0.25, 0.3) is 0 Å². The van der Waals surface area contributed by atoms with Crippen molar-refractivity contribution >= 4 is 35.0 Å². The van der Waals surface area contributed by atoms with Gasteiger partial charge in [-0.3, -0.25) is 9.59 Å². The first-order chi connectivity index (χ1) is 15.9. The maximum atomic E-state index is 13.3. The monoisotopic (exact) mass is 492 g/mol. The van der Waals surface area contributed by atoms with Gasteiger partial charge in [-0.25, -0.2) is 4.39 Å². The standard InChI is InChI=1S/C24H23Cl2FN2O4/c1-32-10-8-28(24(31)18-11-19(25)13-20(26)12-18)16-23(30)29(15-22-3-2-9-33-22)14-17-4-6-21(27)7-5-17/h2-7,9,11-13H,8,10,14-16H2,1H3. The van der Waals surface area contributed by atoms with Crippen LogP contribution in [0.3, 0.4) is 0 Å². The molecule has 174 valence electrons. The van der Waals surface area contributed by atoms with E-state index in [2.05, 4.69) is 0 Å². The lowest BCUT2D eigenvalue weighted by atomic mass is 10.2. The lowest BCUT2D eigenvalue weighted by Gasteiger charge is -2.27. The third-order valence-electron chi connectivity index (χ3n) is 4.85. The summed E-state index contributed by atoms with van der Waals surface area (Å²) in [5.41, 5.74) is 1.01. The van der Waals surface area contributed by atoms with Crippen LogP contribution in [0.2, 0.25) is 10.0 Å². The number of carbonyl (C=O) groups excluding carboxylic acids is 2. The van der Waals surface area contributed by atoms with E-state index in [0.29, 0.717) is 15.8 Å². The van der Waals surface area contributed by atoms with Crippen LogP contribution in [0, 0.1) is 5.82 Å². The normalized spacial score (nSPS) is 10.8. The van der Waals surface area contributed by atoms with Crippen LogP contribution in [0.15, 0.2) is 65.3 Å². The van der Waals surface area contributed by atoms with Gasteiger partial charge in [0, 0.05) is 35.8 Å². The van der Waals surface area contributed by atoms with Crippen molar-refractivity contribution < 1.29 is 23.1 Å². The summed E-state index contributed by atoms with van der Waals surface area (Å²) in [6, 6.07) is 13.9. The molecule has 3 aromatic rings. The van der Waals surface area contributed by atoms with E-state index in [4.69, 9.17) is 32.4 Å². The highest BCUT2D eigenvalue weighted by molar-refractivity contribution is 6.35. The molecular weight excluding hydrogens is 470 g/mol. The van der Waals surface area contributed by atoms with Gasteiger partial charge in [-0.1, -0.05) is 35.3 Å². The van der Waals surface area contributed by atoms with Gasteiger partial charge in [0.25, 0.3) is 5.91 Å². The van der Waals surface area contributed by atoms with Gasteiger partial charge < -0.3 is 19.0 Å². The number of methoxy groups -OCH3 is 1. The zero-order valence-corrected chi connectivity index (χ0v) is 19.5. The molecule has 1 heterocycles. The van der Waals surface area contributed by atoms with E-state index in [0.717, 1.165) is 5.56 Å². The average molecular weight is 493 g/mol. The van der Waals surface area contributed by atoms with Crippen molar-refractivity contribution in [3.05, 3.63) is 93.6 Å². The van der Waals surface area contributed by atoms with E-state index >= 15 is 0 Å². The summed E-state index contributed by atoms with van der Waals surface area (Å²) in [6.07, 6.45) is 1.52. The lowest BCUT2D eigenvalue weighted by Crippen LogP contribution is -2.43. The first-order valence-electron chi connectivity index (χ1n) is 10.1. The second kappa shape index (κ2) is 11.8. The molecule has 6 nitrogen and oxygen atoms in total. The van der Waals surface area contributed by atoms with Gasteiger partial charge in [-0.2, -0.15) is 0 Å². The Hall–Kier alpha value is -2.87. The van der Waals surface area contributed by atoms with E-state index in [1.54, 1.807) is 29.2 Å². The van der Waals surface area contributed by atoms with E-state index < -0.39 is 5.91 Å². The number of carbonyl (C=O) groups is 2. The second-order valence-electron chi connectivity index (χ2n) is 7.33. The Kier molecular flexibility index (Phi) is 8.88. The van der Waals surface area contributed by atoms with Crippen LogP contribution < -0.4 is 0 Å². The fraction of sp³-hybridized carbons (Fsp3) is 0.250. The fourth-order valence-electron chi connectivity index (χ4n) is 3.21. The van der Waals surface area contributed by atoms with Crippen LogP contribution in [0.5, 0.6) is 0 Å². The summed E-state index contributed by atoms with van der Waals surface area (Å²) < 4.78 is 23.8. The molecular formula is C24H23Cl2FN2O4. The zero-order valence-electron chi connectivity index (χ0n) is 18.0. The number of furan rings is 1. The van der Waals surface area contributed by atoms with Crippen molar-refractivity contribution in [1.29, 1.82) is 0 Å². The highest BCUT2D eigenvalue weighted by atomic mass is 35.5. The van der Waals surface area contributed by atoms with E-state index in [1.807, 2.05) is 0 Å². The quantitative estimate of drug-likeness (QED) is 0.397. The summed E-state index contributed by atoms with van der Waals surface area (Å²) in [5, 5.41) is 0.638. The first-order valence-corrected chi connectivity index (χ1v) is 10.9. The molecule has 0 fully saturated rings. The number of benzene rings is 2. The van der Waals surface area contributed by atoms with Crippen molar-refractivity contribution in [2.45, 2.75) is 13.1 Å². The predicted octanol–water partition coefficient (Wildman–Crippen LogP) is 5.04. The molecule has 0 spiro atoms. The molecule has 0 bridgehead atoms. The van der Waals surface area contributed by atoms with Gasteiger partial charge in [0.15, 0.2) is 0 Å². The molecule has 0 aliphatic carbocycles. The minimum Gasteiger partial charge on any atom is -0.467 e. The Bertz CT molecular complexity index is 1050. The van der Waals surface area contributed by atoms with Crippen molar-refractivity contribution in [3.63, 3.8) is 0 Å². The molecule has 0 unspecified atom stereocenters. The summed E-state index contributed by atoms with van der Waals surface area (Å²) in [7, 11) is 1.51. The van der Waals surface area contributed by atoms with Crippen molar-refractivity contribution in [2.24, 2.45) is 0 Å². The topological polar surface area (TPSA) is 63.0 Å². The van der Waals surface area contributed by atoms with Crippen LogP contribution in [-0.2, 0) is 22.6 Å². The maximum Gasteiger partial charge on any atom is 0.254 e. The fourth-order valence-corrected chi connectivity index (χ4v) is 3.74. The van der Waals surface area contributed by atoms with Crippen LogP contribution in [0.1, 0.15) is 21.7 Å². The SMILES string of the molecule is COCCN(CC(=O)N(Cc1ccc(F)cc1)Cc1ccco1)C(=O)c1cc(Cl)cc(Cl)c1. The minimum absolute atomic E-state index is 0.191. The third-order valence-corrected chi connectivity index (χ3v) is 5.29. The van der Waals surface area contributed by atoms with E-state index in [1.165, 1.54) is 48.6 Å². The number of halogens is 3. The summed E-state index contributed by atoms with van der Waals surface area (Å²) in [4.78, 5) is 29.4. The summed E-state index contributed by atoms with van der Waals surface area (Å²) in [6.45, 7) is 0.641. The Labute approximate surface area is 201 Å². The Balaban J connectivity index is 1.81. The number of amides is 2. The smallest absolute Gasteiger partial charge is 0.254 e. The van der Waals surface area contributed by atoms with Gasteiger partial charge >= 0.3 is 0 Å². The Morgan fingerprint density at radius 1 is 1.00 bits per heavy atom. The van der Waals surface area contributed by atoms with E-state index in [-0.39, 0.29) is 50.1 Å². The highest BCUT2D eigenvalue weighted by Gasteiger charge is 2.24. The minimum atomic E-state index is -0.399. The average Bonchev–Trinajstić information content (AvgIpc) is 3.29. The molecule has 33 heavy (non-hydrogen) atoms. The largest absolute Gasteiger partial charge is 0.467 e. The molecule has 0 radical (unpaired) electrons. The van der Waals surface area contributed by atoms with Crippen molar-refractivity contribution in [1.82, 2.24) is 9.80 Å². The molecule has 0 saturated carbocycles. The predicted molar refractivity (Wildman–Crippen MR) is 124 cm³/mol. The van der Waals surface area contributed by atoms with Crippen molar-refractivity contribution in [3.8, 4) is 0 Å². The zero-order chi connectivity index (χ0) is 23.8. The molecule has 0 N–H and O–H groups in total. The molecule has 2 amide bonds. The number of rotatable bonds is 10. The van der Waals surface area contributed by atoms with Gasteiger partial charge in [0.05, 0.1) is 19.4 Å². The molecule has 3 rings (SSSR count). The molecule has 0 aliphatic heterocycles. The number of hydrogen-bond donors (Lipinski definition) is 0. The molecule has 2 aromatic carbocycles. The molecule has 0 atom stereocenters. The third kappa shape index (κ3) is 7.32. The molecule has 1 aromatic heterocycles. The second-order valence-corrected chi connectivity index (χ2v) is 8.21. The number of nitrogens with zero attached hydrogens (tertiary/aromatic N) is 2. The number of ether oxygens (including phenoxy) is 1. The van der Waals surface area contributed by atoms with E-state index in [9.17, 15) is 14.0 Å². The van der Waals surface area contributed by atoms with Gasteiger partial charge in [-0.15, -0.1) is 0 Å². The summed E-state index contributed by atoms with van der Waals surface area (Å²) >= 11 is 12.1. The maximum absolute atomic E-state index is 13.3. The van der Waals surface area contributed by atoms with Gasteiger partial charge in [0.1, 0.15) is 18.1 Å². The summed E-state index contributed by atoms with van der Waals surface area (Å²) in [5.74, 6) is -0.487. The Morgan fingerprint density at radius 3 is 2.30 bits per heavy atom. The lowest BCUT2D eigenvalue weighted by molar-refractivity contribution is -0.133. The van der Waals surface area contributed by atoms with Crippen LogP contribution in [0.4, 0.5) is 4.39 Å². The molecule has 0 aliphatic rings. The number of hydrogen-bond acceptors (Lipinski definition) is 4. The molecule has 9 heteroatoms. The van der Waals surface area contributed by atoms with Gasteiger partial charge in [0.2, 0.25) is 5.91 Å². The van der Waals surface area contributed by atoms with Crippen molar-refractivity contribution in [2.75, 3.05) is 26.8 Å². The Morgan fingerprint density at radius 2 is 1.70 bits per heavy atom. The molecule has 0 saturated heterocycles. The van der Waals surface area contributed by atoms with Crippen LogP contribution >= 0.6 is 23.2 Å². The first kappa shape index (κ1) is 24.8. The van der Waals surface area contributed by atoms with Gasteiger partial charge in [-0.05, 0) is 48.0 Å². The highest BCUT2D eigenvalue weighted by Crippen LogP contribution is 2.21. The van der Waals surface area contributed by atoms with Crippen LogP contribution in [-0.4, -0.2) is 48.4 Å².